The molecule has 1 rings (SSSR count). The molecule has 0 aromatic rings. The molecular weight excluding hydrogens is 136 g/mol. The maximum absolute atomic E-state index is 5.64. The zero-order valence-electron chi connectivity index (χ0n) is 8.18. The Morgan fingerprint density at radius 1 is 1.36 bits per heavy atom. The van der Waals surface area contributed by atoms with E-state index in [9.17, 15) is 0 Å². The first-order valence-electron chi connectivity index (χ1n) is 4.63. The summed E-state index contributed by atoms with van der Waals surface area (Å²) >= 11 is 0. The predicted molar refractivity (Wildman–Crippen MR) is 47.6 cm³/mol. The average molecular weight is 156 g/mol. The van der Waals surface area contributed by atoms with Crippen LogP contribution < -0.4 is 0 Å². The first kappa shape index (κ1) is 9.05. The maximum Gasteiger partial charge on any atom is 0.0606 e. The van der Waals surface area contributed by atoms with Crippen molar-refractivity contribution in [2.45, 2.75) is 46.6 Å². The van der Waals surface area contributed by atoms with Gasteiger partial charge in [-0.05, 0) is 24.2 Å². The number of rotatable bonds is 1. The van der Waals surface area contributed by atoms with Gasteiger partial charge in [0, 0.05) is 6.61 Å². The van der Waals surface area contributed by atoms with Crippen molar-refractivity contribution in [2.75, 3.05) is 6.61 Å². The van der Waals surface area contributed by atoms with Crippen molar-refractivity contribution in [3.05, 3.63) is 0 Å². The fraction of sp³-hybridized carbons (Fsp3) is 1.00. The van der Waals surface area contributed by atoms with E-state index in [2.05, 4.69) is 27.7 Å². The molecule has 0 N–H and O–H groups in total. The van der Waals surface area contributed by atoms with Crippen LogP contribution in [0.2, 0.25) is 0 Å². The molecule has 1 nitrogen and oxygen atoms in total. The minimum atomic E-state index is 0.398. The Balaban J connectivity index is 2.46. The lowest BCUT2D eigenvalue weighted by molar-refractivity contribution is 0.0251. The van der Waals surface area contributed by atoms with Crippen LogP contribution in [0, 0.1) is 11.3 Å². The molecule has 1 aliphatic rings. The highest BCUT2D eigenvalue weighted by molar-refractivity contribution is 4.80. The van der Waals surface area contributed by atoms with Crippen molar-refractivity contribution in [1.82, 2.24) is 0 Å². The molecule has 0 saturated carbocycles. The smallest absolute Gasteiger partial charge is 0.0606 e. The second-order valence-electron chi connectivity index (χ2n) is 4.71. The van der Waals surface area contributed by atoms with E-state index < -0.39 is 0 Å². The van der Waals surface area contributed by atoms with Gasteiger partial charge in [0.1, 0.15) is 0 Å². The zero-order valence-corrected chi connectivity index (χ0v) is 8.18. The van der Waals surface area contributed by atoms with Gasteiger partial charge in [-0.1, -0.05) is 27.7 Å². The SMILES string of the molecule is CC(C1CCCO1)C(C)(C)C. The highest BCUT2D eigenvalue weighted by Gasteiger charge is 2.30. The average Bonchev–Trinajstić information content (AvgIpc) is 2.34. The normalized spacial score (nSPS) is 28.9. The lowest BCUT2D eigenvalue weighted by atomic mass is 9.78. The van der Waals surface area contributed by atoms with Gasteiger partial charge < -0.3 is 4.74 Å². The molecule has 1 fully saturated rings. The molecule has 0 aromatic carbocycles. The van der Waals surface area contributed by atoms with Crippen LogP contribution in [0.3, 0.4) is 0 Å². The summed E-state index contributed by atoms with van der Waals surface area (Å²) in [5.41, 5.74) is 0.398. The van der Waals surface area contributed by atoms with E-state index in [-0.39, 0.29) is 0 Å². The van der Waals surface area contributed by atoms with E-state index in [0.717, 1.165) is 6.61 Å². The van der Waals surface area contributed by atoms with Crippen LogP contribution in [0.15, 0.2) is 0 Å². The molecule has 1 aliphatic heterocycles. The predicted octanol–water partition coefficient (Wildman–Crippen LogP) is 2.85. The lowest BCUT2D eigenvalue weighted by Crippen LogP contribution is -2.29. The molecule has 1 saturated heterocycles. The maximum atomic E-state index is 5.64. The van der Waals surface area contributed by atoms with Crippen LogP contribution in [0.5, 0.6) is 0 Å². The number of hydrogen-bond donors (Lipinski definition) is 0. The van der Waals surface area contributed by atoms with Gasteiger partial charge in [0.15, 0.2) is 0 Å². The van der Waals surface area contributed by atoms with Crippen LogP contribution in [0.4, 0.5) is 0 Å². The second kappa shape index (κ2) is 3.14. The highest BCUT2D eigenvalue weighted by Crippen LogP contribution is 2.33. The Morgan fingerprint density at radius 2 is 2.00 bits per heavy atom. The van der Waals surface area contributed by atoms with Crippen LogP contribution in [-0.2, 0) is 4.74 Å². The van der Waals surface area contributed by atoms with Crippen LogP contribution in [0.1, 0.15) is 40.5 Å². The van der Waals surface area contributed by atoms with E-state index in [1.54, 1.807) is 0 Å². The monoisotopic (exact) mass is 156 g/mol. The molecule has 0 aromatic heterocycles. The minimum absolute atomic E-state index is 0.398. The van der Waals surface area contributed by atoms with Gasteiger partial charge in [0.2, 0.25) is 0 Å². The van der Waals surface area contributed by atoms with Gasteiger partial charge >= 0.3 is 0 Å². The molecule has 1 heterocycles. The third-order valence-electron chi connectivity index (χ3n) is 2.89. The van der Waals surface area contributed by atoms with Crippen molar-refractivity contribution >= 4 is 0 Å². The summed E-state index contributed by atoms with van der Waals surface area (Å²) < 4.78 is 5.64. The third-order valence-corrected chi connectivity index (χ3v) is 2.89. The van der Waals surface area contributed by atoms with Gasteiger partial charge in [-0.25, -0.2) is 0 Å². The van der Waals surface area contributed by atoms with Gasteiger partial charge in [-0.3, -0.25) is 0 Å². The van der Waals surface area contributed by atoms with E-state index in [1.807, 2.05) is 0 Å². The first-order valence-corrected chi connectivity index (χ1v) is 4.63. The van der Waals surface area contributed by atoms with Crippen molar-refractivity contribution < 1.29 is 4.74 Å². The molecule has 0 radical (unpaired) electrons. The van der Waals surface area contributed by atoms with Crippen molar-refractivity contribution in [3.63, 3.8) is 0 Å². The number of ether oxygens (including phenoxy) is 1. The van der Waals surface area contributed by atoms with Gasteiger partial charge in [-0.2, -0.15) is 0 Å². The topological polar surface area (TPSA) is 9.23 Å². The summed E-state index contributed by atoms with van der Waals surface area (Å²) in [6.07, 6.45) is 3.04. The summed E-state index contributed by atoms with van der Waals surface area (Å²) in [5, 5.41) is 0. The Kier molecular flexibility index (Phi) is 2.58. The Morgan fingerprint density at radius 3 is 2.36 bits per heavy atom. The minimum Gasteiger partial charge on any atom is -0.378 e. The molecule has 1 heteroatoms. The summed E-state index contributed by atoms with van der Waals surface area (Å²) in [7, 11) is 0. The molecular formula is C10H20O. The zero-order chi connectivity index (χ0) is 8.48. The van der Waals surface area contributed by atoms with Crippen LogP contribution in [0.25, 0.3) is 0 Å². The highest BCUT2D eigenvalue weighted by atomic mass is 16.5. The van der Waals surface area contributed by atoms with Crippen LogP contribution >= 0.6 is 0 Å². The standard InChI is InChI=1S/C10H20O/c1-8(10(2,3)4)9-6-5-7-11-9/h8-9H,5-7H2,1-4H3. The summed E-state index contributed by atoms with van der Waals surface area (Å²) in [6.45, 7) is 10.2. The largest absolute Gasteiger partial charge is 0.378 e. The molecule has 0 aliphatic carbocycles. The fourth-order valence-corrected chi connectivity index (χ4v) is 1.55. The summed E-state index contributed by atoms with van der Waals surface area (Å²) in [4.78, 5) is 0. The van der Waals surface area contributed by atoms with Crippen molar-refractivity contribution in [3.8, 4) is 0 Å². The van der Waals surface area contributed by atoms with Gasteiger partial charge in [-0.15, -0.1) is 0 Å². The fourth-order valence-electron chi connectivity index (χ4n) is 1.55. The Hall–Kier alpha value is -0.0400. The molecule has 2 unspecified atom stereocenters. The molecule has 0 bridgehead atoms. The molecule has 0 spiro atoms. The summed E-state index contributed by atoms with van der Waals surface area (Å²) in [5.74, 6) is 0.685. The lowest BCUT2D eigenvalue weighted by Gasteiger charge is -2.31. The molecule has 66 valence electrons. The Labute approximate surface area is 70.1 Å². The van der Waals surface area contributed by atoms with E-state index in [4.69, 9.17) is 4.74 Å². The molecule has 0 amide bonds. The van der Waals surface area contributed by atoms with Crippen molar-refractivity contribution in [1.29, 1.82) is 0 Å². The third kappa shape index (κ3) is 2.19. The molecule has 11 heavy (non-hydrogen) atoms. The van der Waals surface area contributed by atoms with Gasteiger partial charge in [0.05, 0.1) is 6.10 Å². The van der Waals surface area contributed by atoms with E-state index in [0.29, 0.717) is 17.4 Å². The van der Waals surface area contributed by atoms with Crippen molar-refractivity contribution in [2.24, 2.45) is 11.3 Å². The van der Waals surface area contributed by atoms with Gasteiger partial charge in [0.25, 0.3) is 0 Å². The quantitative estimate of drug-likeness (QED) is 0.567. The van der Waals surface area contributed by atoms with E-state index >= 15 is 0 Å². The summed E-state index contributed by atoms with van der Waals surface area (Å²) in [6, 6.07) is 0. The molecule has 2 atom stereocenters. The van der Waals surface area contributed by atoms with Crippen LogP contribution in [-0.4, -0.2) is 12.7 Å². The first-order chi connectivity index (χ1) is 5.02. The number of hydrogen-bond acceptors (Lipinski definition) is 1. The second-order valence-corrected chi connectivity index (χ2v) is 4.71. The Bertz CT molecular complexity index is 117. The van der Waals surface area contributed by atoms with E-state index in [1.165, 1.54) is 12.8 Å².